The van der Waals surface area contributed by atoms with Crippen LogP contribution < -0.4 is 0 Å². The normalized spacial score (nSPS) is 12.0. The number of carbonyl (C=O) groups is 3. The molecule has 80 heavy (non-hydrogen) atoms. The second kappa shape index (κ2) is 69.6. The molecule has 0 spiro atoms. The van der Waals surface area contributed by atoms with Crippen molar-refractivity contribution in [1.82, 2.24) is 0 Å². The minimum Gasteiger partial charge on any atom is -0.462 e. The minimum atomic E-state index is -0.766. The molecule has 1 atom stereocenters. The maximum Gasteiger partial charge on any atom is 0.306 e. The maximum absolute atomic E-state index is 12.9. The quantitative estimate of drug-likeness (QED) is 0.0261. The molecule has 0 aliphatic rings. The largest absolute Gasteiger partial charge is 0.462 e. The maximum atomic E-state index is 12.9. The van der Waals surface area contributed by atoms with Gasteiger partial charge in [0.25, 0.3) is 0 Å². The van der Waals surface area contributed by atoms with Crippen LogP contribution in [0.25, 0.3) is 0 Å². The Balaban J connectivity index is 3.93. The lowest BCUT2D eigenvalue weighted by molar-refractivity contribution is -0.167. The predicted octanol–water partition coefficient (Wildman–Crippen LogP) is 25.2. The SMILES string of the molecule is CCCCCCCC/C=C\CCCCCCCCCCCC(=O)OC(COC(=O)CCCCCCCCCC)COC(=O)CCCCCCCCCCCCCCCCCCCCCCCCCCCCCCCCCCCCC. The van der Waals surface area contributed by atoms with Gasteiger partial charge in [0.1, 0.15) is 13.2 Å². The van der Waals surface area contributed by atoms with Crippen molar-refractivity contribution in [3.63, 3.8) is 0 Å². The molecule has 474 valence electrons. The lowest BCUT2D eigenvalue weighted by Gasteiger charge is -2.18. The Hall–Kier alpha value is -1.85. The Morgan fingerprint density at radius 3 is 0.625 bits per heavy atom. The first-order valence-corrected chi connectivity index (χ1v) is 36.7. The Bertz CT molecular complexity index is 1250. The van der Waals surface area contributed by atoms with Gasteiger partial charge >= 0.3 is 17.9 Å². The van der Waals surface area contributed by atoms with Crippen LogP contribution in [-0.4, -0.2) is 37.2 Å². The van der Waals surface area contributed by atoms with Gasteiger partial charge in [0, 0.05) is 19.3 Å². The van der Waals surface area contributed by atoms with Gasteiger partial charge in [-0.1, -0.05) is 373 Å². The van der Waals surface area contributed by atoms with Crippen LogP contribution in [-0.2, 0) is 28.6 Å². The Labute approximate surface area is 501 Å². The van der Waals surface area contributed by atoms with Gasteiger partial charge in [-0.3, -0.25) is 14.4 Å². The first-order valence-electron chi connectivity index (χ1n) is 36.7. The highest BCUT2D eigenvalue weighted by atomic mass is 16.6. The van der Waals surface area contributed by atoms with Crippen molar-refractivity contribution in [1.29, 1.82) is 0 Å². The van der Waals surface area contributed by atoms with Crippen molar-refractivity contribution in [2.75, 3.05) is 13.2 Å². The van der Waals surface area contributed by atoms with Crippen molar-refractivity contribution in [2.24, 2.45) is 0 Å². The molecule has 0 bridgehead atoms. The molecule has 0 rings (SSSR count). The molecule has 0 aromatic heterocycles. The van der Waals surface area contributed by atoms with E-state index in [1.54, 1.807) is 0 Å². The fourth-order valence-electron chi connectivity index (χ4n) is 11.5. The van der Waals surface area contributed by atoms with Crippen LogP contribution >= 0.6 is 0 Å². The molecule has 0 radical (unpaired) electrons. The van der Waals surface area contributed by atoms with E-state index in [0.29, 0.717) is 19.3 Å². The summed E-state index contributed by atoms with van der Waals surface area (Å²) in [7, 11) is 0. The lowest BCUT2D eigenvalue weighted by Crippen LogP contribution is -2.30. The van der Waals surface area contributed by atoms with Crippen molar-refractivity contribution in [2.45, 2.75) is 431 Å². The van der Waals surface area contributed by atoms with E-state index in [1.807, 2.05) is 0 Å². The number of ether oxygens (including phenoxy) is 3. The molecule has 1 unspecified atom stereocenters. The number of rotatable bonds is 69. The highest BCUT2D eigenvalue weighted by Crippen LogP contribution is 2.19. The average Bonchev–Trinajstić information content (AvgIpc) is 3.46. The second-order valence-electron chi connectivity index (χ2n) is 25.2. The highest BCUT2D eigenvalue weighted by Gasteiger charge is 2.20. The fraction of sp³-hybridized carbons (Fsp3) is 0.932. The van der Waals surface area contributed by atoms with Crippen LogP contribution in [0, 0.1) is 0 Å². The monoisotopic (exact) mass is 1130 g/mol. The third kappa shape index (κ3) is 66.9. The number of esters is 3. The summed E-state index contributed by atoms with van der Waals surface area (Å²) < 4.78 is 16.9. The van der Waals surface area contributed by atoms with E-state index in [4.69, 9.17) is 14.2 Å². The van der Waals surface area contributed by atoms with Crippen LogP contribution in [0.5, 0.6) is 0 Å². The van der Waals surface area contributed by atoms with Gasteiger partial charge in [-0.05, 0) is 44.9 Å². The van der Waals surface area contributed by atoms with Crippen molar-refractivity contribution >= 4 is 17.9 Å². The number of unbranched alkanes of at least 4 members (excludes halogenated alkanes) is 56. The van der Waals surface area contributed by atoms with E-state index in [-0.39, 0.29) is 31.1 Å². The van der Waals surface area contributed by atoms with E-state index in [1.165, 1.54) is 327 Å². The lowest BCUT2D eigenvalue weighted by atomic mass is 10.0. The third-order valence-corrected chi connectivity index (χ3v) is 17.0. The first kappa shape index (κ1) is 78.1. The molecular weight excluding hydrogens is 985 g/mol. The first-order chi connectivity index (χ1) is 39.5. The van der Waals surface area contributed by atoms with E-state index >= 15 is 0 Å². The number of hydrogen-bond acceptors (Lipinski definition) is 6. The summed E-state index contributed by atoms with van der Waals surface area (Å²) in [5, 5.41) is 0. The van der Waals surface area contributed by atoms with Crippen LogP contribution in [0.4, 0.5) is 0 Å². The topological polar surface area (TPSA) is 78.9 Å². The second-order valence-corrected chi connectivity index (χ2v) is 25.2. The summed E-state index contributed by atoms with van der Waals surface area (Å²) in [6, 6.07) is 0. The standard InChI is InChI=1S/C74H142O6/c1-4-7-10-13-16-19-21-23-25-27-29-30-31-32-33-34-35-36-37-38-39-40-41-42-43-44-46-47-49-51-53-55-58-61-64-67-73(76)79-70-71(69-78-72(75)66-63-60-57-18-15-12-9-6-3)80-74(77)68-65-62-59-56-54-52-50-48-45-28-26-24-22-20-17-14-11-8-5-2/h24,26,71H,4-23,25,27-70H2,1-3H3/b26-24-. The van der Waals surface area contributed by atoms with Gasteiger partial charge in [0.15, 0.2) is 6.10 Å². The summed E-state index contributed by atoms with van der Waals surface area (Å²) >= 11 is 0. The predicted molar refractivity (Wildman–Crippen MR) is 349 cm³/mol. The summed E-state index contributed by atoms with van der Waals surface area (Å²) in [4.78, 5) is 38.2. The van der Waals surface area contributed by atoms with E-state index < -0.39 is 6.10 Å². The zero-order valence-corrected chi connectivity index (χ0v) is 54.6. The van der Waals surface area contributed by atoms with Gasteiger partial charge < -0.3 is 14.2 Å². The van der Waals surface area contributed by atoms with Crippen LogP contribution in [0.3, 0.4) is 0 Å². The molecule has 0 saturated carbocycles. The Morgan fingerprint density at radius 1 is 0.237 bits per heavy atom. The minimum absolute atomic E-state index is 0.0647. The van der Waals surface area contributed by atoms with Crippen LogP contribution in [0.1, 0.15) is 425 Å². The summed E-state index contributed by atoms with van der Waals surface area (Å²) in [5.74, 6) is -0.841. The van der Waals surface area contributed by atoms with Gasteiger partial charge in [-0.15, -0.1) is 0 Å². The highest BCUT2D eigenvalue weighted by molar-refractivity contribution is 5.71. The zero-order valence-electron chi connectivity index (χ0n) is 54.6. The Morgan fingerprint density at radius 2 is 0.412 bits per heavy atom. The molecular formula is C74H142O6. The fourth-order valence-corrected chi connectivity index (χ4v) is 11.5. The van der Waals surface area contributed by atoms with E-state index in [0.717, 1.165) is 57.8 Å². The van der Waals surface area contributed by atoms with Crippen molar-refractivity contribution in [3.05, 3.63) is 12.2 Å². The van der Waals surface area contributed by atoms with Gasteiger partial charge in [0.2, 0.25) is 0 Å². The molecule has 6 heteroatoms. The van der Waals surface area contributed by atoms with Crippen LogP contribution in [0.2, 0.25) is 0 Å². The molecule has 0 heterocycles. The molecule has 0 aliphatic heterocycles. The van der Waals surface area contributed by atoms with Crippen molar-refractivity contribution in [3.8, 4) is 0 Å². The molecule has 0 N–H and O–H groups in total. The number of carbonyl (C=O) groups excluding carboxylic acids is 3. The zero-order chi connectivity index (χ0) is 57.8. The summed E-state index contributed by atoms with van der Waals surface area (Å²) in [6.45, 7) is 6.69. The smallest absolute Gasteiger partial charge is 0.306 e. The average molecular weight is 1130 g/mol. The van der Waals surface area contributed by atoms with Crippen LogP contribution in [0.15, 0.2) is 12.2 Å². The summed E-state index contributed by atoms with van der Waals surface area (Å²) in [5.41, 5.74) is 0. The van der Waals surface area contributed by atoms with E-state index in [9.17, 15) is 14.4 Å². The molecule has 0 saturated heterocycles. The van der Waals surface area contributed by atoms with Gasteiger partial charge in [0.05, 0.1) is 0 Å². The summed E-state index contributed by atoms with van der Waals surface area (Å²) in [6.07, 6.45) is 84.4. The van der Waals surface area contributed by atoms with E-state index in [2.05, 4.69) is 32.9 Å². The molecule has 0 aliphatic carbocycles. The van der Waals surface area contributed by atoms with Crippen molar-refractivity contribution < 1.29 is 28.6 Å². The molecule has 0 aromatic rings. The molecule has 0 aromatic carbocycles. The van der Waals surface area contributed by atoms with Gasteiger partial charge in [-0.25, -0.2) is 0 Å². The Kier molecular flexibility index (Phi) is 68.0. The van der Waals surface area contributed by atoms with Gasteiger partial charge in [-0.2, -0.15) is 0 Å². The third-order valence-electron chi connectivity index (χ3n) is 17.0. The molecule has 0 amide bonds. The number of hydrogen-bond donors (Lipinski definition) is 0. The molecule has 0 fully saturated rings. The molecule has 6 nitrogen and oxygen atoms in total. The number of allylic oxidation sites excluding steroid dienone is 2.